The number of ether oxygens (including phenoxy) is 2. The molecule has 0 saturated heterocycles. The Bertz CT molecular complexity index is 705. The Kier molecular flexibility index (Phi) is 4.17. The Morgan fingerprint density at radius 1 is 1.10 bits per heavy atom. The van der Waals surface area contributed by atoms with E-state index in [-0.39, 0.29) is 0 Å². The van der Waals surface area contributed by atoms with Crippen molar-refractivity contribution < 1.29 is 13.7 Å². The van der Waals surface area contributed by atoms with Gasteiger partial charge in [-0.1, -0.05) is 22.0 Å². The van der Waals surface area contributed by atoms with E-state index < -0.39 is 10.8 Å². The number of hydrogen-bond donors (Lipinski definition) is 1. The number of nitrogens with two attached hydrogens (primary N) is 1. The summed E-state index contributed by atoms with van der Waals surface area (Å²) in [5.74, 6) is 1.72. The first kappa shape index (κ1) is 14.4. The Morgan fingerprint density at radius 3 is 2.62 bits per heavy atom. The maximum absolute atomic E-state index is 12.5. The van der Waals surface area contributed by atoms with Crippen LogP contribution in [0.3, 0.4) is 0 Å². The van der Waals surface area contributed by atoms with Crippen molar-refractivity contribution in [1.82, 2.24) is 0 Å². The van der Waals surface area contributed by atoms with E-state index in [1.165, 1.54) is 0 Å². The summed E-state index contributed by atoms with van der Waals surface area (Å²) < 4.78 is 24.4. The van der Waals surface area contributed by atoms with Gasteiger partial charge in [0.15, 0.2) is 11.5 Å². The number of halogens is 1. The minimum absolute atomic E-state index is 0.374. The lowest BCUT2D eigenvalue weighted by Crippen LogP contribution is -2.15. The highest BCUT2D eigenvalue weighted by Gasteiger charge is 2.15. The number of hydrogen-bond acceptors (Lipinski definition) is 4. The molecule has 0 amide bonds. The summed E-state index contributed by atoms with van der Waals surface area (Å²) in [6, 6.07) is 11.0. The van der Waals surface area contributed by atoms with Gasteiger partial charge in [0.25, 0.3) is 0 Å². The molecule has 110 valence electrons. The van der Waals surface area contributed by atoms with Gasteiger partial charge < -0.3 is 15.2 Å². The van der Waals surface area contributed by atoms with Gasteiger partial charge in [0, 0.05) is 21.1 Å². The van der Waals surface area contributed by atoms with Crippen molar-refractivity contribution in [2.45, 2.75) is 10.6 Å². The zero-order valence-electron chi connectivity index (χ0n) is 11.2. The lowest BCUT2D eigenvalue weighted by molar-refractivity contribution is 0.171. The maximum atomic E-state index is 12.5. The molecule has 0 bridgehead atoms. The summed E-state index contributed by atoms with van der Waals surface area (Å²) in [5, 5.41) is 0. The highest BCUT2D eigenvalue weighted by molar-refractivity contribution is 9.10. The first-order chi connectivity index (χ1) is 10.1. The van der Waals surface area contributed by atoms with Gasteiger partial charge in [0.2, 0.25) is 0 Å². The quantitative estimate of drug-likeness (QED) is 0.846. The van der Waals surface area contributed by atoms with Gasteiger partial charge in [-0.3, -0.25) is 4.21 Å². The molecule has 0 aliphatic carbocycles. The molecule has 2 aromatic carbocycles. The van der Waals surface area contributed by atoms with Gasteiger partial charge >= 0.3 is 0 Å². The van der Waals surface area contributed by atoms with Gasteiger partial charge in [-0.2, -0.15) is 0 Å². The number of benzene rings is 2. The molecular formula is C15H14BrNO3S. The van der Waals surface area contributed by atoms with Crippen LogP contribution < -0.4 is 15.2 Å². The van der Waals surface area contributed by atoms with E-state index in [0.717, 1.165) is 10.0 Å². The molecule has 2 N–H and O–H groups in total. The van der Waals surface area contributed by atoms with E-state index in [4.69, 9.17) is 15.2 Å². The van der Waals surface area contributed by atoms with Crippen molar-refractivity contribution >= 4 is 32.4 Å². The van der Waals surface area contributed by atoms with Crippen LogP contribution in [0.25, 0.3) is 0 Å². The van der Waals surface area contributed by atoms with Crippen LogP contribution in [-0.2, 0) is 16.6 Å². The fourth-order valence-electron chi connectivity index (χ4n) is 2.09. The summed E-state index contributed by atoms with van der Waals surface area (Å²) in [4.78, 5) is 0.710. The molecule has 0 radical (unpaired) electrons. The summed E-state index contributed by atoms with van der Waals surface area (Å²) >= 11 is 3.36. The highest BCUT2D eigenvalue weighted by Crippen LogP contribution is 2.32. The van der Waals surface area contributed by atoms with Gasteiger partial charge in [0.05, 0.1) is 16.6 Å². The average molecular weight is 368 g/mol. The van der Waals surface area contributed by atoms with Crippen molar-refractivity contribution in [3.05, 3.63) is 46.4 Å². The summed E-state index contributed by atoms with van der Waals surface area (Å²) in [6.45, 7) is 1.06. The lowest BCUT2D eigenvalue weighted by atomic mass is 10.2. The number of anilines is 1. The minimum atomic E-state index is -1.18. The number of rotatable bonds is 3. The standard InChI is InChI=1S/C15H14BrNO3S/c16-11-2-1-10(13(17)7-11)9-21(18)12-3-4-14-15(8-12)20-6-5-19-14/h1-4,7-8H,5-6,9,17H2. The van der Waals surface area contributed by atoms with Crippen LogP contribution in [0, 0.1) is 0 Å². The summed E-state index contributed by atoms with van der Waals surface area (Å²) in [7, 11) is -1.18. The minimum Gasteiger partial charge on any atom is -0.486 e. The zero-order valence-corrected chi connectivity index (χ0v) is 13.6. The molecule has 1 unspecified atom stereocenters. The van der Waals surface area contributed by atoms with E-state index in [1.807, 2.05) is 18.2 Å². The van der Waals surface area contributed by atoms with Crippen molar-refractivity contribution in [1.29, 1.82) is 0 Å². The maximum Gasteiger partial charge on any atom is 0.162 e. The molecule has 1 aliphatic rings. The second-order valence-electron chi connectivity index (χ2n) is 4.64. The third-order valence-corrected chi connectivity index (χ3v) is 5.02. The molecule has 0 fully saturated rings. The Labute approximate surface area is 133 Å². The average Bonchev–Trinajstić information content (AvgIpc) is 2.49. The molecule has 1 heterocycles. The fraction of sp³-hybridized carbons (Fsp3) is 0.200. The van der Waals surface area contributed by atoms with E-state index in [9.17, 15) is 4.21 Å². The first-order valence-corrected chi connectivity index (χ1v) is 8.56. The van der Waals surface area contributed by atoms with E-state index in [2.05, 4.69) is 15.9 Å². The van der Waals surface area contributed by atoms with Crippen molar-refractivity contribution in [2.75, 3.05) is 18.9 Å². The number of nitrogen functional groups attached to an aromatic ring is 1. The first-order valence-electron chi connectivity index (χ1n) is 6.45. The molecule has 21 heavy (non-hydrogen) atoms. The van der Waals surface area contributed by atoms with Crippen LogP contribution in [-0.4, -0.2) is 17.4 Å². The van der Waals surface area contributed by atoms with Crippen molar-refractivity contribution in [3.8, 4) is 11.5 Å². The van der Waals surface area contributed by atoms with E-state index in [0.29, 0.717) is 41.0 Å². The van der Waals surface area contributed by atoms with Crippen molar-refractivity contribution in [2.24, 2.45) is 0 Å². The predicted molar refractivity (Wildman–Crippen MR) is 86.1 cm³/mol. The molecule has 1 atom stereocenters. The predicted octanol–water partition coefficient (Wildman–Crippen LogP) is 3.11. The monoisotopic (exact) mass is 367 g/mol. The van der Waals surface area contributed by atoms with Crippen molar-refractivity contribution in [3.63, 3.8) is 0 Å². The topological polar surface area (TPSA) is 61.6 Å². The van der Waals surface area contributed by atoms with Gasteiger partial charge in [-0.15, -0.1) is 0 Å². The third-order valence-electron chi connectivity index (χ3n) is 3.17. The Morgan fingerprint density at radius 2 is 1.86 bits per heavy atom. The molecule has 2 aromatic rings. The zero-order chi connectivity index (χ0) is 14.8. The largest absolute Gasteiger partial charge is 0.486 e. The van der Waals surface area contributed by atoms with E-state index in [1.54, 1.807) is 18.2 Å². The SMILES string of the molecule is Nc1cc(Br)ccc1CS(=O)c1ccc2c(c1)OCCO2. The molecule has 4 nitrogen and oxygen atoms in total. The molecule has 3 rings (SSSR count). The Balaban J connectivity index is 1.82. The van der Waals surface area contributed by atoms with Crippen LogP contribution in [0.5, 0.6) is 11.5 Å². The van der Waals surface area contributed by atoms with Crippen LogP contribution in [0.2, 0.25) is 0 Å². The van der Waals surface area contributed by atoms with Gasteiger partial charge in [0.1, 0.15) is 13.2 Å². The molecule has 0 spiro atoms. The number of fused-ring (bicyclic) bond motifs is 1. The van der Waals surface area contributed by atoms with Crippen LogP contribution in [0.1, 0.15) is 5.56 Å². The van der Waals surface area contributed by atoms with Crippen LogP contribution in [0.15, 0.2) is 45.8 Å². The normalized spacial score (nSPS) is 14.7. The fourth-order valence-corrected chi connectivity index (χ4v) is 3.64. The van der Waals surface area contributed by atoms with Crippen LogP contribution >= 0.6 is 15.9 Å². The second kappa shape index (κ2) is 6.07. The third kappa shape index (κ3) is 3.22. The molecule has 1 aliphatic heterocycles. The lowest BCUT2D eigenvalue weighted by Gasteiger charge is -2.18. The smallest absolute Gasteiger partial charge is 0.162 e. The molecule has 0 aromatic heterocycles. The summed E-state index contributed by atoms with van der Waals surface area (Å²) in [6.07, 6.45) is 0. The molecule has 6 heteroatoms. The van der Waals surface area contributed by atoms with Gasteiger partial charge in [-0.05, 0) is 29.8 Å². The summed E-state index contributed by atoms with van der Waals surface area (Å²) in [5.41, 5.74) is 7.45. The molecule has 0 saturated carbocycles. The van der Waals surface area contributed by atoms with Gasteiger partial charge in [-0.25, -0.2) is 0 Å². The highest BCUT2D eigenvalue weighted by atomic mass is 79.9. The van der Waals surface area contributed by atoms with E-state index >= 15 is 0 Å². The Hall–Kier alpha value is -1.53. The van der Waals surface area contributed by atoms with Crippen LogP contribution in [0.4, 0.5) is 5.69 Å². The second-order valence-corrected chi connectivity index (χ2v) is 7.01. The molecular weight excluding hydrogens is 354 g/mol.